The van der Waals surface area contributed by atoms with E-state index in [0.29, 0.717) is 21.9 Å². The summed E-state index contributed by atoms with van der Waals surface area (Å²) in [6.45, 7) is 8.48. The maximum Gasteiger partial charge on any atom is 0.335 e. The molecule has 33 heavy (non-hydrogen) atoms. The van der Waals surface area contributed by atoms with Gasteiger partial charge in [-0.05, 0) is 49.5 Å². The summed E-state index contributed by atoms with van der Waals surface area (Å²) in [5, 5.41) is 36.6. The van der Waals surface area contributed by atoms with Crippen LogP contribution in [0.15, 0.2) is 23.1 Å². The van der Waals surface area contributed by atoms with Crippen molar-refractivity contribution in [2.45, 2.75) is 56.4 Å². The third kappa shape index (κ3) is 10.1. The number of benzene rings is 1. The van der Waals surface area contributed by atoms with Gasteiger partial charge >= 0.3 is 11.9 Å². The zero-order chi connectivity index (χ0) is 25.3. The molecule has 0 spiro atoms. The number of hydrogen-bond donors (Lipinski definition) is 7. The van der Waals surface area contributed by atoms with E-state index in [1.165, 1.54) is 6.26 Å². The molecule has 1 aromatic rings. The third-order valence-electron chi connectivity index (χ3n) is 5.07. The van der Waals surface area contributed by atoms with Crippen LogP contribution in [0.5, 0.6) is 0 Å². The fourth-order valence-electron chi connectivity index (χ4n) is 3.37. The Labute approximate surface area is 200 Å². The van der Waals surface area contributed by atoms with Crippen LogP contribution in [0.25, 0.3) is 0 Å². The van der Waals surface area contributed by atoms with Gasteiger partial charge in [0.1, 0.15) is 0 Å². The van der Waals surface area contributed by atoms with Crippen molar-refractivity contribution < 1.29 is 39.1 Å². The summed E-state index contributed by atoms with van der Waals surface area (Å²) in [5.74, 6) is -2.93. The van der Waals surface area contributed by atoms with Crippen molar-refractivity contribution >= 4 is 34.1 Å². The molecule has 0 radical (unpaired) electrons. The first kappa shape index (κ1) is 29.6. The van der Waals surface area contributed by atoms with Crippen LogP contribution in [-0.4, -0.2) is 90.5 Å². The highest BCUT2D eigenvalue weighted by Crippen LogP contribution is 2.45. The molecule has 1 aliphatic rings. The molecule has 1 saturated heterocycles. The van der Waals surface area contributed by atoms with E-state index >= 15 is 0 Å². The third-order valence-corrected chi connectivity index (χ3v) is 6.57. The van der Waals surface area contributed by atoms with Crippen molar-refractivity contribution in [2.24, 2.45) is 5.92 Å². The number of carboxylic acid groups (broad SMARTS) is 2. The van der Waals surface area contributed by atoms with Gasteiger partial charge in [-0.2, -0.15) is 10.6 Å². The van der Waals surface area contributed by atoms with Gasteiger partial charge in [-0.25, -0.2) is 9.59 Å². The van der Waals surface area contributed by atoms with Crippen LogP contribution in [0.3, 0.4) is 0 Å². The highest BCUT2D eigenvalue weighted by Gasteiger charge is 2.29. The molecule has 2 atom stereocenters. The summed E-state index contributed by atoms with van der Waals surface area (Å²) in [7, 11) is -2.72. The molecular formula is C21H35ClN2O8S. The Morgan fingerprint density at radius 1 is 1.12 bits per heavy atom. The lowest BCUT2D eigenvalue weighted by atomic mass is 10.0. The molecule has 7 N–H and O–H groups in total. The quantitative estimate of drug-likeness (QED) is 0.261. The summed E-state index contributed by atoms with van der Waals surface area (Å²) in [5.41, 5.74) is 1.05. The number of carboxylic acids is 2. The minimum atomic E-state index is -2.72. The number of aliphatic hydroxyl groups excluding tert-OH is 2. The summed E-state index contributed by atoms with van der Waals surface area (Å²) >= 11 is 6.41. The monoisotopic (exact) mass is 510 g/mol. The minimum Gasteiger partial charge on any atom is -0.479 e. The molecule has 1 aliphatic heterocycles. The number of nitrogens with one attached hydrogen (secondary N) is 1. The number of carbonyl (C=O) groups is 2. The SMILES string of the molecule is CC(C)CN(Cc1ccc(S(C)(O)O)cc1Cl)C1CCNCC1.O=C(O)[C@H](O)[C@@H](O)C(=O)O. The highest BCUT2D eigenvalue weighted by molar-refractivity contribution is 8.23. The molecule has 0 aromatic heterocycles. The molecule has 2 rings (SSSR count). The molecule has 0 bridgehead atoms. The molecule has 0 amide bonds. The van der Waals surface area contributed by atoms with E-state index in [-0.39, 0.29) is 0 Å². The molecule has 1 fully saturated rings. The number of aliphatic hydroxyl groups is 2. The molecule has 0 saturated carbocycles. The predicted octanol–water partition coefficient (Wildman–Crippen LogP) is 2.17. The average molecular weight is 511 g/mol. The Morgan fingerprint density at radius 2 is 1.64 bits per heavy atom. The first-order valence-corrected chi connectivity index (χ1v) is 12.9. The second-order valence-electron chi connectivity index (χ2n) is 8.46. The maximum absolute atomic E-state index is 9.77. The molecule has 1 heterocycles. The highest BCUT2D eigenvalue weighted by atomic mass is 35.5. The number of rotatable bonds is 9. The lowest BCUT2D eigenvalue weighted by Crippen LogP contribution is -2.44. The van der Waals surface area contributed by atoms with Gasteiger partial charge in [0, 0.05) is 30.4 Å². The second-order valence-corrected chi connectivity index (χ2v) is 11.0. The molecule has 0 unspecified atom stereocenters. The van der Waals surface area contributed by atoms with E-state index in [1.807, 2.05) is 6.07 Å². The van der Waals surface area contributed by atoms with Gasteiger partial charge < -0.3 is 25.7 Å². The van der Waals surface area contributed by atoms with Crippen molar-refractivity contribution in [1.82, 2.24) is 10.2 Å². The molecule has 190 valence electrons. The number of hydrogen-bond acceptors (Lipinski definition) is 8. The zero-order valence-corrected chi connectivity index (χ0v) is 20.6. The second kappa shape index (κ2) is 13.4. The van der Waals surface area contributed by atoms with Crippen LogP contribution in [0, 0.1) is 5.92 Å². The van der Waals surface area contributed by atoms with Crippen LogP contribution in [0.1, 0.15) is 32.3 Å². The number of nitrogens with zero attached hydrogens (tertiary/aromatic N) is 1. The zero-order valence-electron chi connectivity index (χ0n) is 19.0. The number of piperidine rings is 1. The van der Waals surface area contributed by atoms with Crippen molar-refractivity contribution in [3.05, 3.63) is 28.8 Å². The van der Waals surface area contributed by atoms with Crippen molar-refractivity contribution in [2.75, 3.05) is 25.9 Å². The lowest BCUT2D eigenvalue weighted by molar-refractivity contribution is -0.165. The van der Waals surface area contributed by atoms with Gasteiger partial charge in [-0.1, -0.05) is 31.5 Å². The van der Waals surface area contributed by atoms with Gasteiger partial charge in [-0.3, -0.25) is 14.0 Å². The van der Waals surface area contributed by atoms with E-state index in [2.05, 4.69) is 24.1 Å². The van der Waals surface area contributed by atoms with Crippen molar-refractivity contribution in [3.63, 3.8) is 0 Å². The van der Waals surface area contributed by atoms with Crippen LogP contribution in [0.4, 0.5) is 0 Å². The fraction of sp³-hybridized carbons (Fsp3) is 0.619. The summed E-state index contributed by atoms with van der Waals surface area (Å²) in [6, 6.07) is 6.00. The van der Waals surface area contributed by atoms with Gasteiger partial charge in [0.2, 0.25) is 0 Å². The number of aliphatic carboxylic acids is 2. The van der Waals surface area contributed by atoms with Crippen molar-refractivity contribution in [1.29, 1.82) is 0 Å². The Bertz CT molecular complexity index is 766. The van der Waals surface area contributed by atoms with Gasteiger partial charge in [0.25, 0.3) is 0 Å². The van der Waals surface area contributed by atoms with E-state index in [0.717, 1.165) is 44.6 Å². The smallest absolute Gasteiger partial charge is 0.335 e. The van der Waals surface area contributed by atoms with E-state index in [1.54, 1.807) is 12.1 Å². The van der Waals surface area contributed by atoms with Crippen molar-refractivity contribution in [3.8, 4) is 0 Å². The number of halogens is 1. The summed E-state index contributed by atoms with van der Waals surface area (Å²) in [4.78, 5) is 22.6. The maximum atomic E-state index is 9.77. The van der Waals surface area contributed by atoms with Gasteiger partial charge in [0.15, 0.2) is 12.2 Å². The average Bonchev–Trinajstić information content (AvgIpc) is 2.73. The molecule has 0 aliphatic carbocycles. The molecule has 12 heteroatoms. The van der Waals surface area contributed by atoms with Gasteiger partial charge in [-0.15, -0.1) is 0 Å². The predicted molar refractivity (Wildman–Crippen MR) is 127 cm³/mol. The fourth-order valence-corrected chi connectivity index (χ4v) is 4.34. The van der Waals surface area contributed by atoms with Crippen LogP contribution in [-0.2, 0) is 16.1 Å². The van der Waals surface area contributed by atoms with Gasteiger partial charge in [0.05, 0.1) is 4.90 Å². The Morgan fingerprint density at radius 3 is 2.03 bits per heavy atom. The summed E-state index contributed by atoms with van der Waals surface area (Å²) in [6.07, 6.45) is -0.774. The standard InChI is InChI=1S/C17H29ClN2O2S.C4H6O6/c1-13(2)11-20(15-6-8-19-9-7-15)12-14-4-5-16(10-17(14)18)23(3,21)22;5-1(3(7)8)2(6)4(9)10/h4-5,10,13,15,19,21-22H,6-9,11-12H2,1-3H3;1-2,5-6H,(H,7,8)(H,9,10)/t;1-,2-/m.1/s1. The van der Waals surface area contributed by atoms with E-state index in [4.69, 9.17) is 32.0 Å². The first-order chi connectivity index (χ1) is 15.2. The van der Waals surface area contributed by atoms with Crippen LogP contribution in [0.2, 0.25) is 5.02 Å². The largest absolute Gasteiger partial charge is 0.479 e. The van der Waals surface area contributed by atoms with Crippen LogP contribution < -0.4 is 5.32 Å². The molecular weight excluding hydrogens is 476 g/mol. The topological polar surface area (TPSA) is 171 Å². The lowest BCUT2D eigenvalue weighted by Gasteiger charge is -2.36. The minimum absolute atomic E-state index is 0.503. The summed E-state index contributed by atoms with van der Waals surface area (Å²) < 4.78 is 19.5. The Kier molecular flexibility index (Phi) is 12.1. The molecule has 1 aromatic carbocycles. The normalized spacial score (nSPS) is 17.3. The first-order valence-electron chi connectivity index (χ1n) is 10.5. The van der Waals surface area contributed by atoms with E-state index < -0.39 is 34.7 Å². The molecule has 10 nitrogen and oxygen atoms in total. The van der Waals surface area contributed by atoms with Crippen LogP contribution >= 0.6 is 22.2 Å². The Balaban J connectivity index is 0.000000461. The van der Waals surface area contributed by atoms with E-state index in [9.17, 15) is 18.7 Å². The Hall–Kier alpha value is -1.44.